The maximum Gasteiger partial charge on any atom is 0.0609 e. The fourth-order valence-corrected chi connectivity index (χ4v) is 2.77. The van der Waals surface area contributed by atoms with Crippen LogP contribution < -0.4 is 0 Å². The lowest BCUT2D eigenvalue weighted by molar-refractivity contribution is 0.0964. The van der Waals surface area contributed by atoms with Crippen LogP contribution in [0.5, 0.6) is 0 Å². The summed E-state index contributed by atoms with van der Waals surface area (Å²) in [5, 5.41) is 0. The summed E-state index contributed by atoms with van der Waals surface area (Å²) in [7, 11) is 1.80. The first kappa shape index (κ1) is 13.4. The molecule has 1 atom stereocenters. The second-order valence-corrected chi connectivity index (χ2v) is 5.56. The summed E-state index contributed by atoms with van der Waals surface area (Å²) in [5.41, 5.74) is 5.25. The maximum absolute atomic E-state index is 5.39. The van der Waals surface area contributed by atoms with Crippen molar-refractivity contribution in [2.24, 2.45) is 0 Å². The number of methoxy groups -OCH3 is 1. The molecule has 0 saturated carbocycles. The monoisotopic (exact) mass is 260 g/mol. The molecule has 1 aromatic carbocycles. The minimum atomic E-state index is 0.400. The SMILES string of the molecule is COC1CC=C(c2ccc(C(C)=S)c(C)c2)CC1. The number of hydrogen-bond acceptors (Lipinski definition) is 2. The largest absolute Gasteiger partial charge is 0.381 e. The van der Waals surface area contributed by atoms with E-state index in [2.05, 4.69) is 31.2 Å². The molecule has 2 rings (SSSR count). The summed E-state index contributed by atoms with van der Waals surface area (Å²) in [6.45, 7) is 4.12. The van der Waals surface area contributed by atoms with Crippen LogP contribution in [0.15, 0.2) is 24.3 Å². The van der Waals surface area contributed by atoms with Crippen molar-refractivity contribution in [1.82, 2.24) is 0 Å². The lowest BCUT2D eigenvalue weighted by atomic mass is 9.90. The molecular weight excluding hydrogens is 240 g/mol. The Balaban J connectivity index is 2.23. The normalized spacial score (nSPS) is 19.5. The highest BCUT2D eigenvalue weighted by molar-refractivity contribution is 7.80. The Bertz CT molecular complexity index is 488. The molecule has 0 radical (unpaired) electrons. The number of aryl methyl sites for hydroxylation is 1. The molecule has 0 fully saturated rings. The number of rotatable bonds is 3. The molecule has 0 bridgehead atoms. The van der Waals surface area contributed by atoms with E-state index in [9.17, 15) is 0 Å². The predicted octanol–water partition coefficient (Wildman–Crippen LogP) is 4.32. The molecule has 0 saturated heterocycles. The maximum atomic E-state index is 5.39. The Morgan fingerprint density at radius 1 is 1.39 bits per heavy atom. The highest BCUT2D eigenvalue weighted by Gasteiger charge is 2.15. The Hall–Kier alpha value is -0.990. The quantitative estimate of drug-likeness (QED) is 0.591. The lowest BCUT2D eigenvalue weighted by Crippen LogP contribution is -2.13. The Morgan fingerprint density at radius 2 is 2.17 bits per heavy atom. The van der Waals surface area contributed by atoms with Crippen molar-refractivity contribution >= 4 is 22.7 Å². The number of allylic oxidation sites excluding steroid dienone is 1. The van der Waals surface area contributed by atoms with Crippen LogP contribution in [0.2, 0.25) is 0 Å². The molecule has 0 aromatic heterocycles. The molecule has 0 N–H and O–H groups in total. The molecule has 1 aliphatic rings. The fourth-order valence-electron chi connectivity index (χ4n) is 2.54. The molecule has 0 heterocycles. The summed E-state index contributed by atoms with van der Waals surface area (Å²) < 4.78 is 5.39. The van der Waals surface area contributed by atoms with Gasteiger partial charge in [0.2, 0.25) is 0 Å². The van der Waals surface area contributed by atoms with Gasteiger partial charge in [0.15, 0.2) is 0 Å². The zero-order chi connectivity index (χ0) is 13.1. The van der Waals surface area contributed by atoms with Crippen molar-refractivity contribution in [2.75, 3.05) is 7.11 Å². The molecule has 96 valence electrons. The highest BCUT2D eigenvalue weighted by atomic mass is 32.1. The summed E-state index contributed by atoms with van der Waals surface area (Å²) in [6.07, 6.45) is 5.97. The molecule has 1 unspecified atom stereocenters. The first-order valence-corrected chi connectivity index (χ1v) is 6.86. The average molecular weight is 260 g/mol. The fraction of sp³-hybridized carbons (Fsp3) is 0.438. The molecule has 0 aliphatic heterocycles. The van der Waals surface area contributed by atoms with Crippen LogP contribution in [-0.2, 0) is 4.74 Å². The smallest absolute Gasteiger partial charge is 0.0609 e. The summed E-state index contributed by atoms with van der Waals surface area (Å²) in [4.78, 5) is 0.969. The zero-order valence-electron chi connectivity index (χ0n) is 11.3. The van der Waals surface area contributed by atoms with Gasteiger partial charge in [0, 0.05) is 12.0 Å². The summed E-state index contributed by atoms with van der Waals surface area (Å²) >= 11 is 5.25. The number of hydrogen-bond donors (Lipinski definition) is 0. The van der Waals surface area contributed by atoms with Gasteiger partial charge >= 0.3 is 0 Å². The molecule has 0 spiro atoms. The third-order valence-electron chi connectivity index (χ3n) is 3.67. The minimum absolute atomic E-state index is 0.400. The van der Waals surface area contributed by atoms with Gasteiger partial charge in [-0.1, -0.05) is 36.5 Å². The van der Waals surface area contributed by atoms with Crippen LogP contribution in [0.1, 0.15) is 42.9 Å². The molecule has 18 heavy (non-hydrogen) atoms. The number of ether oxygens (including phenoxy) is 1. The van der Waals surface area contributed by atoms with Crippen LogP contribution in [0.4, 0.5) is 0 Å². The number of benzene rings is 1. The number of thiocarbonyl (C=S) groups is 1. The molecule has 1 nitrogen and oxygen atoms in total. The standard InChI is InChI=1S/C16H20OS/c1-11-10-14(6-9-16(11)12(2)18)13-4-7-15(17-3)8-5-13/h4,6,9-10,15H,5,7-8H2,1-3H3. The van der Waals surface area contributed by atoms with E-state index >= 15 is 0 Å². The highest BCUT2D eigenvalue weighted by Crippen LogP contribution is 2.29. The van der Waals surface area contributed by atoms with E-state index in [-0.39, 0.29) is 0 Å². The first-order valence-electron chi connectivity index (χ1n) is 6.45. The van der Waals surface area contributed by atoms with Crippen LogP contribution in [0.3, 0.4) is 0 Å². The van der Waals surface area contributed by atoms with Crippen molar-refractivity contribution in [3.8, 4) is 0 Å². The van der Waals surface area contributed by atoms with Crippen LogP contribution in [-0.4, -0.2) is 18.1 Å². The Kier molecular flexibility index (Phi) is 4.31. The first-order chi connectivity index (χ1) is 8.61. The van der Waals surface area contributed by atoms with E-state index in [4.69, 9.17) is 17.0 Å². The topological polar surface area (TPSA) is 9.23 Å². The van der Waals surface area contributed by atoms with Crippen molar-refractivity contribution in [3.63, 3.8) is 0 Å². The van der Waals surface area contributed by atoms with Gasteiger partial charge < -0.3 is 4.74 Å². The minimum Gasteiger partial charge on any atom is -0.381 e. The van der Waals surface area contributed by atoms with Gasteiger partial charge in [-0.25, -0.2) is 0 Å². The van der Waals surface area contributed by atoms with Crippen molar-refractivity contribution in [2.45, 2.75) is 39.2 Å². The van der Waals surface area contributed by atoms with Crippen molar-refractivity contribution in [1.29, 1.82) is 0 Å². The van der Waals surface area contributed by atoms with Crippen molar-refractivity contribution < 1.29 is 4.74 Å². The Labute approximate surface area is 115 Å². The molecule has 1 aromatic rings. The van der Waals surface area contributed by atoms with Gasteiger partial charge in [0.1, 0.15) is 0 Å². The molecular formula is C16H20OS. The van der Waals surface area contributed by atoms with Crippen molar-refractivity contribution in [3.05, 3.63) is 41.0 Å². The van der Waals surface area contributed by atoms with Gasteiger partial charge in [-0.05, 0) is 55.4 Å². The lowest BCUT2D eigenvalue weighted by Gasteiger charge is -2.21. The van der Waals surface area contributed by atoms with Crippen LogP contribution in [0.25, 0.3) is 5.57 Å². The van der Waals surface area contributed by atoms with Crippen LogP contribution >= 0.6 is 12.2 Å². The third-order valence-corrected chi connectivity index (χ3v) is 3.89. The average Bonchev–Trinajstić information content (AvgIpc) is 2.38. The van der Waals surface area contributed by atoms with E-state index in [0.717, 1.165) is 24.1 Å². The van der Waals surface area contributed by atoms with E-state index in [0.29, 0.717) is 6.10 Å². The zero-order valence-corrected chi connectivity index (χ0v) is 12.1. The van der Waals surface area contributed by atoms with Crippen LogP contribution in [0, 0.1) is 6.92 Å². The van der Waals surface area contributed by atoms with E-state index in [1.54, 1.807) is 7.11 Å². The third kappa shape index (κ3) is 2.88. The molecule has 0 amide bonds. The molecule has 2 heteroatoms. The predicted molar refractivity (Wildman–Crippen MR) is 81.2 cm³/mol. The van der Waals surface area contributed by atoms with E-state index in [1.807, 2.05) is 6.92 Å². The van der Waals surface area contributed by atoms with Gasteiger partial charge in [-0.15, -0.1) is 0 Å². The second kappa shape index (κ2) is 5.77. The van der Waals surface area contributed by atoms with Gasteiger partial charge in [0.25, 0.3) is 0 Å². The van der Waals surface area contributed by atoms with Gasteiger partial charge in [-0.3, -0.25) is 0 Å². The summed E-state index contributed by atoms with van der Waals surface area (Å²) in [6, 6.07) is 6.59. The van der Waals surface area contributed by atoms with Gasteiger partial charge in [-0.2, -0.15) is 0 Å². The van der Waals surface area contributed by atoms with E-state index < -0.39 is 0 Å². The van der Waals surface area contributed by atoms with E-state index in [1.165, 1.54) is 22.3 Å². The summed E-state index contributed by atoms with van der Waals surface area (Å²) in [5.74, 6) is 0. The second-order valence-electron chi connectivity index (χ2n) is 4.95. The Morgan fingerprint density at radius 3 is 2.67 bits per heavy atom. The molecule has 1 aliphatic carbocycles. The van der Waals surface area contributed by atoms with Gasteiger partial charge in [0.05, 0.1) is 6.10 Å².